The first kappa shape index (κ1) is 13.0. The lowest BCUT2D eigenvalue weighted by molar-refractivity contribution is -0.119. The molecule has 5 heteroatoms. The molecule has 0 fully saturated rings. The van der Waals surface area contributed by atoms with Gasteiger partial charge in [0.05, 0.1) is 0 Å². The topological polar surface area (TPSA) is 82.2 Å². The third-order valence-corrected chi connectivity index (χ3v) is 2.17. The Kier molecular flexibility index (Phi) is 4.51. The Balaban J connectivity index is 2.59. The van der Waals surface area contributed by atoms with E-state index in [9.17, 15) is 14.7 Å². The number of rotatable bonds is 4. The number of carbonyl (C=O) groups excluding carboxylic acids is 1. The average molecular weight is 236 g/mol. The highest BCUT2D eigenvalue weighted by Gasteiger charge is 2.01. The average Bonchev–Trinajstić information content (AvgIpc) is 2.20. The summed E-state index contributed by atoms with van der Waals surface area (Å²) in [5, 5.41) is 12.2. The molecule has 0 aromatic carbocycles. The van der Waals surface area contributed by atoms with Gasteiger partial charge >= 0.3 is 0 Å². The fourth-order valence-corrected chi connectivity index (χ4v) is 1.41. The van der Waals surface area contributed by atoms with Crippen LogP contribution in [0, 0.1) is 0 Å². The van der Waals surface area contributed by atoms with Crippen LogP contribution in [0.3, 0.4) is 0 Å². The molecular formula is C12H16N2O3. The second-order valence-corrected chi connectivity index (χ2v) is 3.87. The van der Waals surface area contributed by atoms with Crippen LogP contribution in [0.1, 0.15) is 25.8 Å². The number of amides is 1. The Bertz CT molecular complexity index is 477. The molecule has 1 aromatic rings. The van der Waals surface area contributed by atoms with E-state index >= 15 is 0 Å². The lowest BCUT2D eigenvalue weighted by Gasteiger charge is -2.08. The van der Waals surface area contributed by atoms with Crippen molar-refractivity contribution in [3.63, 3.8) is 0 Å². The standard InChI is InChI=1S/C12H16N2O3/c1-8(13-9(2)15)4-3-5-10-6-7-11(16)14-12(10)17/h3,5-8H,4H2,1-2H3,(H,13,15)(H2,14,16,17)/b5-3+/t8-/m1/s1. The smallest absolute Gasteiger partial charge is 0.250 e. The number of nitrogens with one attached hydrogen (secondary N) is 2. The summed E-state index contributed by atoms with van der Waals surface area (Å²) in [6.07, 6.45) is 4.18. The molecule has 0 saturated carbocycles. The van der Waals surface area contributed by atoms with Gasteiger partial charge in [-0.1, -0.05) is 12.2 Å². The summed E-state index contributed by atoms with van der Waals surface area (Å²) in [5.41, 5.74) is 0.200. The number of pyridine rings is 1. The van der Waals surface area contributed by atoms with E-state index in [2.05, 4.69) is 10.3 Å². The molecule has 5 nitrogen and oxygen atoms in total. The highest BCUT2D eigenvalue weighted by molar-refractivity contribution is 5.73. The first-order chi connectivity index (χ1) is 7.99. The monoisotopic (exact) mass is 236 g/mol. The van der Waals surface area contributed by atoms with E-state index in [1.165, 1.54) is 19.1 Å². The van der Waals surface area contributed by atoms with Gasteiger partial charge in [-0.15, -0.1) is 0 Å². The Hall–Kier alpha value is -2.04. The van der Waals surface area contributed by atoms with Crippen molar-refractivity contribution in [1.82, 2.24) is 10.3 Å². The third kappa shape index (κ3) is 4.55. The van der Waals surface area contributed by atoms with Crippen molar-refractivity contribution in [1.29, 1.82) is 0 Å². The molecular weight excluding hydrogens is 220 g/mol. The van der Waals surface area contributed by atoms with Gasteiger partial charge in [-0.2, -0.15) is 0 Å². The second kappa shape index (κ2) is 5.89. The first-order valence-electron chi connectivity index (χ1n) is 5.35. The molecule has 0 aliphatic carbocycles. The second-order valence-electron chi connectivity index (χ2n) is 3.87. The number of aromatic hydroxyl groups is 1. The summed E-state index contributed by atoms with van der Waals surface area (Å²) < 4.78 is 0. The van der Waals surface area contributed by atoms with Gasteiger partial charge in [0, 0.05) is 24.6 Å². The maximum Gasteiger partial charge on any atom is 0.250 e. The lowest BCUT2D eigenvalue weighted by atomic mass is 10.2. The van der Waals surface area contributed by atoms with Gasteiger partial charge in [0.25, 0.3) is 5.56 Å². The molecule has 0 saturated heterocycles. The quantitative estimate of drug-likeness (QED) is 0.729. The summed E-state index contributed by atoms with van der Waals surface area (Å²) >= 11 is 0. The van der Waals surface area contributed by atoms with Crippen LogP contribution in [0.15, 0.2) is 23.0 Å². The van der Waals surface area contributed by atoms with Crippen LogP contribution in [0.2, 0.25) is 0 Å². The molecule has 0 aliphatic rings. The molecule has 3 N–H and O–H groups in total. The van der Waals surface area contributed by atoms with E-state index in [1.807, 2.05) is 13.0 Å². The zero-order chi connectivity index (χ0) is 12.8. The zero-order valence-corrected chi connectivity index (χ0v) is 9.86. The molecule has 0 spiro atoms. The maximum absolute atomic E-state index is 10.9. The number of H-pyrrole nitrogens is 1. The van der Waals surface area contributed by atoms with Crippen molar-refractivity contribution >= 4 is 12.0 Å². The van der Waals surface area contributed by atoms with Crippen molar-refractivity contribution in [3.8, 4) is 5.88 Å². The minimum Gasteiger partial charge on any atom is -0.494 e. The number of hydrogen-bond donors (Lipinski definition) is 3. The van der Waals surface area contributed by atoms with Crippen LogP contribution < -0.4 is 10.9 Å². The fourth-order valence-electron chi connectivity index (χ4n) is 1.41. The minimum atomic E-state index is -0.341. The first-order valence-corrected chi connectivity index (χ1v) is 5.35. The van der Waals surface area contributed by atoms with Crippen LogP contribution >= 0.6 is 0 Å². The third-order valence-electron chi connectivity index (χ3n) is 2.17. The molecule has 1 rings (SSSR count). The molecule has 1 heterocycles. The van der Waals surface area contributed by atoms with Crippen LogP contribution in [0.25, 0.3) is 6.08 Å². The van der Waals surface area contributed by atoms with E-state index in [1.54, 1.807) is 6.08 Å². The maximum atomic E-state index is 10.9. The van der Waals surface area contributed by atoms with Crippen molar-refractivity contribution < 1.29 is 9.90 Å². The number of carbonyl (C=O) groups is 1. The minimum absolute atomic E-state index is 0.0358. The molecule has 0 unspecified atom stereocenters. The molecule has 1 atom stereocenters. The van der Waals surface area contributed by atoms with Crippen LogP contribution in [0.4, 0.5) is 0 Å². The van der Waals surface area contributed by atoms with Crippen LogP contribution in [0.5, 0.6) is 5.88 Å². The van der Waals surface area contributed by atoms with Gasteiger partial charge in [0.15, 0.2) is 5.88 Å². The van der Waals surface area contributed by atoms with Gasteiger partial charge in [0.2, 0.25) is 5.91 Å². The largest absolute Gasteiger partial charge is 0.494 e. The molecule has 0 aliphatic heterocycles. The normalized spacial score (nSPS) is 12.6. The lowest BCUT2D eigenvalue weighted by Crippen LogP contribution is -2.29. The Morgan fingerprint density at radius 2 is 2.29 bits per heavy atom. The number of hydrogen-bond acceptors (Lipinski definition) is 3. The van der Waals surface area contributed by atoms with E-state index in [0.29, 0.717) is 12.0 Å². The molecule has 92 valence electrons. The Morgan fingerprint density at radius 1 is 1.59 bits per heavy atom. The predicted octanol–water partition coefficient (Wildman–Crippen LogP) is 1.01. The van der Waals surface area contributed by atoms with Crippen molar-refractivity contribution in [2.24, 2.45) is 0 Å². The van der Waals surface area contributed by atoms with E-state index < -0.39 is 0 Å². The van der Waals surface area contributed by atoms with Crippen molar-refractivity contribution in [2.75, 3.05) is 0 Å². The summed E-state index contributed by atoms with van der Waals surface area (Å²) in [6.45, 7) is 3.35. The molecule has 0 bridgehead atoms. The van der Waals surface area contributed by atoms with E-state index in [4.69, 9.17) is 0 Å². The fraction of sp³-hybridized carbons (Fsp3) is 0.333. The molecule has 1 aromatic heterocycles. The van der Waals surface area contributed by atoms with Gasteiger partial charge in [-0.3, -0.25) is 14.6 Å². The Morgan fingerprint density at radius 3 is 2.88 bits per heavy atom. The van der Waals surface area contributed by atoms with Gasteiger partial charge in [-0.25, -0.2) is 0 Å². The summed E-state index contributed by atoms with van der Waals surface area (Å²) in [5.74, 6) is -0.223. The van der Waals surface area contributed by atoms with Gasteiger partial charge < -0.3 is 10.4 Å². The summed E-state index contributed by atoms with van der Waals surface area (Å²) in [4.78, 5) is 23.9. The number of aromatic amines is 1. The van der Waals surface area contributed by atoms with Crippen molar-refractivity contribution in [3.05, 3.63) is 34.1 Å². The van der Waals surface area contributed by atoms with Gasteiger partial charge in [-0.05, 0) is 19.4 Å². The van der Waals surface area contributed by atoms with E-state index in [-0.39, 0.29) is 23.4 Å². The summed E-state index contributed by atoms with van der Waals surface area (Å²) in [6, 6.07) is 2.92. The van der Waals surface area contributed by atoms with Gasteiger partial charge in [0.1, 0.15) is 0 Å². The van der Waals surface area contributed by atoms with Crippen LogP contribution in [-0.4, -0.2) is 22.0 Å². The van der Waals surface area contributed by atoms with Crippen molar-refractivity contribution in [2.45, 2.75) is 26.3 Å². The molecule has 0 radical (unpaired) electrons. The highest BCUT2D eigenvalue weighted by Crippen LogP contribution is 2.12. The predicted molar refractivity (Wildman–Crippen MR) is 65.7 cm³/mol. The zero-order valence-electron chi connectivity index (χ0n) is 9.86. The highest BCUT2D eigenvalue weighted by atomic mass is 16.3. The Labute approximate surface area is 99.2 Å². The van der Waals surface area contributed by atoms with E-state index in [0.717, 1.165) is 0 Å². The number of aromatic nitrogens is 1. The molecule has 17 heavy (non-hydrogen) atoms. The SMILES string of the molecule is CC(=O)N[C@H](C)C/C=C/c1ccc(=O)[nH]c1O. The van der Waals surface area contributed by atoms with Crippen LogP contribution in [-0.2, 0) is 4.79 Å². The molecule has 1 amide bonds. The summed E-state index contributed by atoms with van der Waals surface area (Å²) in [7, 11) is 0.